The highest BCUT2D eigenvalue weighted by atomic mass is 35.5. The van der Waals surface area contributed by atoms with Crippen LogP contribution in [-0.2, 0) is 4.79 Å². The molecule has 2 aromatic carbocycles. The standard InChI is InChI=1S/C20H20ClFN2O4/c1-27-14-6-7-15(18(11-14)28-2)20(26)24(12-23-9-3-4-19(23)25)13-5-8-17(22)16(21)10-13/h5-8,10-11H,3-4,9,12H2,1-2H3. The van der Waals surface area contributed by atoms with Gasteiger partial charge in [0, 0.05) is 24.7 Å². The molecule has 0 N–H and O–H groups in total. The lowest BCUT2D eigenvalue weighted by Crippen LogP contribution is -2.42. The Morgan fingerprint density at radius 3 is 2.61 bits per heavy atom. The van der Waals surface area contributed by atoms with Gasteiger partial charge in [0.05, 0.1) is 24.8 Å². The Balaban J connectivity index is 2.01. The number of amides is 2. The summed E-state index contributed by atoms with van der Waals surface area (Å²) in [6.07, 6.45) is 1.18. The molecule has 0 bridgehead atoms. The average molecular weight is 407 g/mol. The Hall–Kier alpha value is -2.80. The fourth-order valence-electron chi connectivity index (χ4n) is 3.06. The second-order valence-corrected chi connectivity index (χ2v) is 6.71. The van der Waals surface area contributed by atoms with Crippen molar-refractivity contribution >= 4 is 29.1 Å². The molecule has 6 nitrogen and oxygen atoms in total. The quantitative estimate of drug-likeness (QED) is 0.733. The summed E-state index contributed by atoms with van der Waals surface area (Å²) in [5.74, 6) is -0.151. The molecule has 148 valence electrons. The van der Waals surface area contributed by atoms with E-state index in [2.05, 4.69) is 0 Å². The summed E-state index contributed by atoms with van der Waals surface area (Å²) < 4.78 is 24.1. The molecule has 3 rings (SSSR count). The van der Waals surface area contributed by atoms with E-state index < -0.39 is 11.7 Å². The van der Waals surface area contributed by atoms with E-state index in [1.165, 1.54) is 37.3 Å². The van der Waals surface area contributed by atoms with Crippen molar-refractivity contribution in [3.63, 3.8) is 0 Å². The fraction of sp³-hybridized carbons (Fsp3) is 0.300. The third kappa shape index (κ3) is 4.04. The van der Waals surface area contributed by atoms with E-state index in [-0.39, 0.29) is 23.2 Å². The first-order chi connectivity index (χ1) is 13.4. The van der Waals surface area contributed by atoms with E-state index in [9.17, 15) is 14.0 Å². The number of carbonyl (C=O) groups is 2. The minimum atomic E-state index is -0.586. The molecule has 28 heavy (non-hydrogen) atoms. The van der Waals surface area contributed by atoms with Crippen molar-refractivity contribution in [1.82, 2.24) is 4.90 Å². The molecule has 8 heteroatoms. The molecule has 2 aromatic rings. The van der Waals surface area contributed by atoms with E-state index in [0.717, 1.165) is 6.42 Å². The molecule has 1 aliphatic rings. The summed E-state index contributed by atoms with van der Waals surface area (Å²) in [6, 6.07) is 8.84. The Morgan fingerprint density at radius 1 is 1.21 bits per heavy atom. The molecule has 0 aromatic heterocycles. The largest absolute Gasteiger partial charge is 0.497 e. The number of methoxy groups -OCH3 is 2. The van der Waals surface area contributed by atoms with Crippen molar-refractivity contribution in [1.29, 1.82) is 0 Å². The van der Waals surface area contributed by atoms with Crippen LogP contribution in [0.2, 0.25) is 5.02 Å². The number of hydrogen-bond acceptors (Lipinski definition) is 4. The molecular weight excluding hydrogens is 387 g/mol. The summed E-state index contributed by atoms with van der Waals surface area (Å²) >= 11 is 5.92. The summed E-state index contributed by atoms with van der Waals surface area (Å²) in [6.45, 7) is 0.589. The number of likely N-dealkylation sites (tertiary alicyclic amines) is 1. The lowest BCUT2D eigenvalue weighted by atomic mass is 10.1. The van der Waals surface area contributed by atoms with Crippen LogP contribution in [0.3, 0.4) is 0 Å². The minimum Gasteiger partial charge on any atom is -0.497 e. The first-order valence-corrected chi connectivity index (χ1v) is 9.09. The summed E-state index contributed by atoms with van der Waals surface area (Å²) in [5.41, 5.74) is 0.671. The molecule has 1 fully saturated rings. The van der Waals surface area contributed by atoms with E-state index >= 15 is 0 Å². The number of anilines is 1. The predicted octanol–water partition coefficient (Wildman–Crippen LogP) is 3.72. The molecule has 0 spiro atoms. The second kappa shape index (κ2) is 8.48. The van der Waals surface area contributed by atoms with Crippen LogP contribution in [0.25, 0.3) is 0 Å². The molecule has 0 aliphatic carbocycles. The van der Waals surface area contributed by atoms with Gasteiger partial charge in [-0.1, -0.05) is 11.6 Å². The van der Waals surface area contributed by atoms with Gasteiger partial charge in [-0.05, 0) is 36.8 Å². The summed E-state index contributed by atoms with van der Waals surface area (Å²) in [4.78, 5) is 28.4. The average Bonchev–Trinajstić information content (AvgIpc) is 3.11. The minimum absolute atomic E-state index is 0.0345. The topological polar surface area (TPSA) is 59.1 Å². The maximum Gasteiger partial charge on any atom is 0.263 e. The van der Waals surface area contributed by atoms with Gasteiger partial charge in [0.1, 0.15) is 24.0 Å². The van der Waals surface area contributed by atoms with Crippen molar-refractivity contribution < 1.29 is 23.5 Å². The Kier molecular flexibility index (Phi) is 6.04. The molecule has 0 unspecified atom stereocenters. The Labute approximate surface area is 167 Å². The van der Waals surface area contributed by atoms with Crippen molar-refractivity contribution in [2.45, 2.75) is 12.8 Å². The van der Waals surface area contributed by atoms with Gasteiger partial charge in [-0.15, -0.1) is 0 Å². The zero-order valence-electron chi connectivity index (χ0n) is 15.6. The van der Waals surface area contributed by atoms with Gasteiger partial charge >= 0.3 is 0 Å². The molecule has 1 saturated heterocycles. The second-order valence-electron chi connectivity index (χ2n) is 6.30. The van der Waals surface area contributed by atoms with Crippen molar-refractivity contribution in [3.05, 3.63) is 52.8 Å². The molecule has 1 aliphatic heterocycles. The predicted molar refractivity (Wildman–Crippen MR) is 104 cm³/mol. The number of rotatable bonds is 6. The van der Waals surface area contributed by atoms with E-state index in [0.29, 0.717) is 30.2 Å². The first-order valence-electron chi connectivity index (χ1n) is 8.71. The maximum absolute atomic E-state index is 13.6. The SMILES string of the molecule is COc1ccc(C(=O)N(CN2CCCC2=O)c2ccc(F)c(Cl)c2)c(OC)c1. The van der Waals surface area contributed by atoms with Crippen molar-refractivity contribution in [2.24, 2.45) is 0 Å². The van der Waals surface area contributed by atoms with Crippen molar-refractivity contribution in [2.75, 3.05) is 32.3 Å². The molecular formula is C20H20ClFN2O4. The number of nitrogens with zero attached hydrogens (tertiary/aromatic N) is 2. The van der Waals surface area contributed by atoms with Gasteiger partial charge in [-0.3, -0.25) is 14.5 Å². The van der Waals surface area contributed by atoms with Crippen LogP contribution in [-0.4, -0.2) is 44.1 Å². The lowest BCUT2D eigenvalue weighted by molar-refractivity contribution is -0.127. The normalized spacial score (nSPS) is 13.6. The Morgan fingerprint density at radius 2 is 2.00 bits per heavy atom. The summed E-state index contributed by atoms with van der Waals surface area (Å²) in [5, 5.41) is -0.107. The molecule has 2 amide bonds. The third-order valence-corrected chi connectivity index (χ3v) is 4.87. The highest BCUT2D eigenvalue weighted by molar-refractivity contribution is 6.31. The Bertz CT molecular complexity index is 906. The lowest BCUT2D eigenvalue weighted by Gasteiger charge is -2.29. The van der Waals surface area contributed by atoms with Gasteiger partial charge < -0.3 is 14.4 Å². The smallest absolute Gasteiger partial charge is 0.263 e. The van der Waals surface area contributed by atoms with Gasteiger partial charge in [0.25, 0.3) is 5.91 Å². The van der Waals surface area contributed by atoms with E-state index in [1.54, 1.807) is 23.1 Å². The number of benzene rings is 2. The first kappa shape index (κ1) is 19.9. The zero-order chi connectivity index (χ0) is 20.3. The van der Waals surface area contributed by atoms with Crippen LogP contribution in [0.1, 0.15) is 23.2 Å². The zero-order valence-corrected chi connectivity index (χ0v) is 16.3. The van der Waals surface area contributed by atoms with Gasteiger partial charge in [0.15, 0.2) is 0 Å². The van der Waals surface area contributed by atoms with Crippen LogP contribution >= 0.6 is 11.6 Å². The van der Waals surface area contributed by atoms with Crippen LogP contribution in [0.15, 0.2) is 36.4 Å². The number of carbonyl (C=O) groups excluding carboxylic acids is 2. The molecule has 0 radical (unpaired) electrons. The van der Waals surface area contributed by atoms with Crippen molar-refractivity contribution in [3.8, 4) is 11.5 Å². The third-order valence-electron chi connectivity index (χ3n) is 4.58. The monoisotopic (exact) mass is 406 g/mol. The highest BCUT2D eigenvalue weighted by Crippen LogP contribution is 2.30. The number of hydrogen-bond donors (Lipinski definition) is 0. The van der Waals surface area contributed by atoms with Gasteiger partial charge in [-0.2, -0.15) is 0 Å². The molecule has 1 heterocycles. The fourth-order valence-corrected chi connectivity index (χ4v) is 3.24. The highest BCUT2D eigenvalue weighted by Gasteiger charge is 2.28. The van der Waals surface area contributed by atoms with Gasteiger partial charge in [0.2, 0.25) is 5.91 Å². The summed E-state index contributed by atoms with van der Waals surface area (Å²) in [7, 11) is 2.97. The van der Waals surface area contributed by atoms with Crippen LogP contribution in [0.5, 0.6) is 11.5 Å². The van der Waals surface area contributed by atoms with Crippen LogP contribution in [0, 0.1) is 5.82 Å². The number of ether oxygens (including phenoxy) is 2. The molecule has 0 atom stereocenters. The van der Waals surface area contributed by atoms with Crippen LogP contribution in [0.4, 0.5) is 10.1 Å². The van der Waals surface area contributed by atoms with E-state index in [4.69, 9.17) is 21.1 Å². The maximum atomic E-state index is 13.6. The van der Waals surface area contributed by atoms with E-state index in [1.807, 2.05) is 0 Å². The van der Waals surface area contributed by atoms with Gasteiger partial charge in [-0.25, -0.2) is 4.39 Å². The molecule has 0 saturated carbocycles. The van der Waals surface area contributed by atoms with Crippen LogP contribution < -0.4 is 14.4 Å². The number of halogens is 2.